The van der Waals surface area contributed by atoms with Gasteiger partial charge in [0.15, 0.2) is 0 Å². The van der Waals surface area contributed by atoms with Gasteiger partial charge in [0.1, 0.15) is 6.61 Å². The number of benzene rings is 3. The van der Waals surface area contributed by atoms with Crippen LogP contribution in [0.15, 0.2) is 84.9 Å². The molecule has 0 aromatic heterocycles. The van der Waals surface area contributed by atoms with Crippen LogP contribution in [-0.4, -0.2) is 24.6 Å². The second-order valence-corrected chi connectivity index (χ2v) is 6.58. The Morgan fingerprint density at radius 3 is 2.07 bits per heavy atom. The zero-order chi connectivity index (χ0) is 18.6. The van der Waals surface area contributed by atoms with E-state index in [0.717, 1.165) is 16.7 Å². The maximum Gasteiger partial charge on any atom is 0.410 e. The molecule has 27 heavy (non-hydrogen) atoms. The molecular weight excluding hydrogens is 335 g/mol. The SMILES string of the molecule is CN(C1c2ccccc2-c2ccccc21)[13C](=O)OCC=Cc1ccccc1. The Balaban J connectivity index is 1.48. The van der Waals surface area contributed by atoms with Gasteiger partial charge < -0.3 is 9.64 Å². The first-order valence-electron chi connectivity index (χ1n) is 9.05. The fourth-order valence-corrected chi connectivity index (χ4v) is 3.62. The minimum Gasteiger partial charge on any atom is -0.445 e. The molecule has 3 heteroatoms. The lowest BCUT2D eigenvalue weighted by Gasteiger charge is -2.25. The van der Waals surface area contributed by atoms with Gasteiger partial charge in [0.2, 0.25) is 0 Å². The van der Waals surface area contributed by atoms with Crippen LogP contribution in [0.3, 0.4) is 0 Å². The summed E-state index contributed by atoms with van der Waals surface area (Å²) < 4.78 is 5.47. The summed E-state index contributed by atoms with van der Waals surface area (Å²) in [5.74, 6) is 0. The summed E-state index contributed by atoms with van der Waals surface area (Å²) in [6.45, 7) is 0.244. The lowest BCUT2D eigenvalue weighted by Crippen LogP contribution is -2.31. The number of nitrogens with zero attached hydrogens (tertiary/aromatic N) is 1. The van der Waals surface area contributed by atoms with Crippen molar-refractivity contribution in [2.24, 2.45) is 0 Å². The van der Waals surface area contributed by atoms with Crippen LogP contribution in [0, 0.1) is 0 Å². The summed E-state index contributed by atoms with van der Waals surface area (Å²) in [4.78, 5) is 14.3. The first-order valence-corrected chi connectivity index (χ1v) is 9.05. The minimum atomic E-state index is -0.329. The standard InChI is InChI=1S/C24H21NO2/c1-25(24(26)27-17-9-12-18-10-3-2-4-11-18)23-21-15-7-5-13-19(21)20-14-6-8-16-22(20)23/h2-16,23H,17H2,1H3/i24+1. The first kappa shape index (κ1) is 17.1. The van der Waals surface area contributed by atoms with Crippen molar-refractivity contribution in [3.8, 4) is 11.1 Å². The Morgan fingerprint density at radius 1 is 0.889 bits per heavy atom. The van der Waals surface area contributed by atoms with Crippen molar-refractivity contribution >= 4 is 12.2 Å². The number of hydrogen-bond acceptors (Lipinski definition) is 2. The highest BCUT2D eigenvalue weighted by Crippen LogP contribution is 2.45. The van der Waals surface area contributed by atoms with Gasteiger partial charge in [-0.25, -0.2) is 4.79 Å². The minimum absolute atomic E-state index is 0.122. The van der Waals surface area contributed by atoms with E-state index in [1.54, 1.807) is 11.9 Å². The summed E-state index contributed by atoms with van der Waals surface area (Å²) in [5, 5.41) is 0. The summed E-state index contributed by atoms with van der Waals surface area (Å²) >= 11 is 0. The molecule has 0 fully saturated rings. The first-order chi connectivity index (χ1) is 13.3. The van der Waals surface area contributed by atoms with Gasteiger partial charge in [-0.2, -0.15) is 0 Å². The molecule has 0 saturated carbocycles. The van der Waals surface area contributed by atoms with E-state index < -0.39 is 0 Å². The molecule has 3 aromatic rings. The summed E-state index contributed by atoms with van der Waals surface area (Å²) in [6.07, 6.45) is 3.48. The van der Waals surface area contributed by atoms with Crippen LogP contribution in [0.4, 0.5) is 4.79 Å². The fourth-order valence-electron chi connectivity index (χ4n) is 3.62. The normalized spacial score (nSPS) is 12.6. The van der Waals surface area contributed by atoms with Gasteiger partial charge in [-0.1, -0.05) is 84.9 Å². The molecule has 134 valence electrons. The van der Waals surface area contributed by atoms with Crippen molar-refractivity contribution in [3.63, 3.8) is 0 Å². The number of amides is 1. The molecule has 3 aromatic carbocycles. The van der Waals surface area contributed by atoms with Gasteiger partial charge in [0, 0.05) is 7.05 Å². The van der Waals surface area contributed by atoms with Crippen LogP contribution in [0.25, 0.3) is 17.2 Å². The molecule has 0 spiro atoms. The number of carbonyl (C=O) groups excluding carboxylic acids is 1. The van der Waals surface area contributed by atoms with E-state index >= 15 is 0 Å². The second kappa shape index (κ2) is 7.50. The van der Waals surface area contributed by atoms with Gasteiger partial charge in [0.25, 0.3) is 0 Å². The molecule has 0 atom stereocenters. The zero-order valence-corrected chi connectivity index (χ0v) is 15.2. The van der Waals surface area contributed by atoms with E-state index in [2.05, 4.69) is 24.3 Å². The maximum absolute atomic E-state index is 12.6. The molecule has 0 heterocycles. The monoisotopic (exact) mass is 356 g/mol. The molecule has 1 amide bonds. The van der Waals surface area contributed by atoms with Crippen molar-refractivity contribution in [1.82, 2.24) is 4.90 Å². The molecular formula is C24H21NO2. The van der Waals surface area contributed by atoms with Crippen molar-refractivity contribution < 1.29 is 9.53 Å². The summed E-state index contributed by atoms with van der Waals surface area (Å²) in [7, 11) is 1.80. The third-order valence-electron chi connectivity index (χ3n) is 4.89. The van der Waals surface area contributed by atoms with Crippen LogP contribution >= 0.6 is 0 Å². The van der Waals surface area contributed by atoms with E-state index in [-0.39, 0.29) is 18.7 Å². The molecule has 0 radical (unpaired) electrons. The maximum atomic E-state index is 12.6. The Labute approximate surface area is 159 Å². The largest absolute Gasteiger partial charge is 0.445 e. The topological polar surface area (TPSA) is 29.5 Å². The van der Waals surface area contributed by atoms with Crippen LogP contribution in [0.5, 0.6) is 0 Å². The third-order valence-corrected chi connectivity index (χ3v) is 4.89. The zero-order valence-electron chi connectivity index (χ0n) is 15.2. The van der Waals surface area contributed by atoms with Gasteiger partial charge in [-0.3, -0.25) is 0 Å². The van der Waals surface area contributed by atoms with E-state index in [9.17, 15) is 4.79 Å². The summed E-state index contributed by atoms with van der Waals surface area (Å²) in [6, 6.07) is 26.3. The predicted octanol–water partition coefficient (Wildman–Crippen LogP) is 5.54. The van der Waals surface area contributed by atoms with Crippen LogP contribution < -0.4 is 0 Å². The Hall–Kier alpha value is -3.33. The van der Waals surface area contributed by atoms with E-state index in [0.29, 0.717) is 0 Å². The number of hydrogen-bond donors (Lipinski definition) is 0. The van der Waals surface area contributed by atoms with Crippen LogP contribution in [0.2, 0.25) is 0 Å². The number of fused-ring (bicyclic) bond motifs is 3. The average Bonchev–Trinajstić information content (AvgIpc) is 3.06. The highest BCUT2D eigenvalue weighted by molar-refractivity contribution is 5.81. The Morgan fingerprint density at radius 2 is 1.44 bits per heavy atom. The molecule has 1 aliphatic rings. The third kappa shape index (κ3) is 3.36. The molecule has 0 unspecified atom stereocenters. The van der Waals surface area contributed by atoms with Crippen molar-refractivity contribution in [3.05, 3.63) is 102 Å². The molecule has 0 saturated heterocycles. The molecule has 4 rings (SSSR count). The lowest BCUT2D eigenvalue weighted by atomic mass is 10.1. The summed E-state index contributed by atoms with van der Waals surface area (Å²) in [5.41, 5.74) is 5.72. The molecule has 0 aliphatic heterocycles. The number of ether oxygens (including phenoxy) is 1. The quantitative estimate of drug-likeness (QED) is 0.575. The number of rotatable bonds is 4. The van der Waals surface area contributed by atoms with Gasteiger partial charge >= 0.3 is 6.09 Å². The Bertz CT molecular complexity index is 933. The average molecular weight is 356 g/mol. The van der Waals surface area contributed by atoms with Crippen LogP contribution in [0.1, 0.15) is 22.7 Å². The van der Waals surface area contributed by atoms with Crippen molar-refractivity contribution in [2.45, 2.75) is 6.04 Å². The van der Waals surface area contributed by atoms with Gasteiger partial charge in [-0.15, -0.1) is 0 Å². The smallest absolute Gasteiger partial charge is 0.410 e. The van der Waals surface area contributed by atoms with E-state index in [1.807, 2.05) is 66.7 Å². The van der Waals surface area contributed by atoms with E-state index in [1.165, 1.54) is 11.1 Å². The van der Waals surface area contributed by atoms with Crippen LogP contribution in [-0.2, 0) is 4.74 Å². The van der Waals surface area contributed by atoms with Gasteiger partial charge in [0.05, 0.1) is 6.04 Å². The highest BCUT2D eigenvalue weighted by atomic mass is 16.6. The predicted molar refractivity (Wildman–Crippen MR) is 108 cm³/mol. The number of carbonyl (C=O) groups is 1. The lowest BCUT2D eigenvalue weighted by molar-refractivity contribution is 0.113. The molecule has 3 nitrogen and oxygen atoms in total. The van der Waals surface area contributed by atoms with E-state index in [4.69, 9.17) is 4.74 Å². The molecule has 0 N–H and O–H groups in total. The highest BCUT2D eigenvalue weighted by Gasteiger charge is 2.33. The van der Waals surface area contributed by atoms with Gasteiger partial charge in [-0.05, 0) is 33.9 Å². The fraction of sp³-hybridized carbons (Fsp3) is 0.125. The molecule has 0 bridgehead atoms. The molecule has 1 aliphatic carbocycles. The van der Waals surface area contributed by atoms with Crippen molar-refractivity contribution in [1.29, 1.82) is 0 Å². The second-order valence-electron chi connectivity index (χ2n) is 6.58. The van der Waals surface area contributed by atoms with Crippen molar-refractivity contribution in [2.75, 3.05) is 13.7 Å². The Kier molecular flexibility index (Phi) is 4.75.